The predicted molar refractivity (Wildman–Crippen MR) is 77.9 cm³/mol. The molecule has 1 fully saturated rings. The minimum absolute atomic E-state index is 0.233. The highest BCUT2D eigenvalue weighted by Gasteiger charge is 2.25. The van der Waals surface area contributed by atoms with Crippen molar-refractivity contribution in [3.8, 4) is 0 Å². The van der Waals surface area contributed by atoms with E-state index in [0.717, 1.165) is 19.6 Å². The Kier molecular flexibility index (Phi) is 4.08. The Bertz CT molecular complexity index is 375. The quantitative estimate of drug-likeness (QED) is 0.842. The van der Waals surface area contributed by atoms with Crippen LogP contribution >= 0.6 is 0 Å². The highest BCUT2D eigenvalue weighted by atomic mass is 14.9. The number of hydrogen-bond donors (Lipinski definition) is 2. The van der Waals surface area contributed by atoms with Gasteiger partial charge in [0.25, 0.3) is 0 Å². The fraction of sp³-hybridized carbons (Fsp3) is 0.625. The van der Waals surface area contributed by atoms with E-state index in [4.69, 9.17) is 5.73 Å². The number of piperidine rings is 1. The lowest BCUT2D eigenvalue weighted by molar-refractivity contribution is 0.331. The van der Waals surface area contributed by atoms with Crippen LogP contribution < -0.4 is 11.1 Å². The molecule has 2 nitrogen and oxygen atoms in total. The van der Waals surface area contributed by atoms with Crippen LogP contribution in [0.3, 0.4) is 0 Å². The van der Waals surface area contributed by atoms with E-state index in [1.807, 2.05) is 0 Å². The molecule has 100 valence electrons. The van der Waals surface area contributed by atoms with Crippen molar-refractivity contribution in [1.29, 1.82) is 0 Å². The van der Waals surface area contributed by atoms with Crippen molar-refractivity contribution in [3.63, 3.8) is 0 Å². The zero-order chi connectivity index (χ0) is 13.2. The van der Waals surface area contributed by atoms with E-state index in [1.165, 1.54) is 17.5 Å². The first-order chi connectivity index (χ1) is 8.52. The molecule has 1 aliphatic heterocycles. The van der Waals surface area contributed by atoms with Crippen molar-refractivity contribution in [2.45, 2.75) is 38.5 Å². The molecule has 1 aromatic carbocycles. The number of nitrogens with one attached hydrogen (secondary N) is 1. The maximum absolute atomic E-state index is 5.90. The summed E-state index contributed by atoms with van der Waals surface area (Å²) in [7, 11) is 0. The van der Waals surface area contributed by atoms with Gasteiger partial charge >= 0.3 is 0 Å². The second kappa shape index (κ2) is 5.41. The topological polar surface area (TPSA) is 38.0 Å². The number of rotatable bonds is 2. The Balaban J connectivity index is 2.18. The molecular formula is C16H26N2. The lowest BCUT2D eigenvalue weighted by Crippen LogP contribution is -2.38. The molecule has 2 unspecified atom stereocenters. The maximum Gasteiger partial charge on any atom is 0.00233 e. The minimum Gasteiger partial charge on any atom is -0.330 e. The third-order valence-corrected chi connectivity index (χ3v) is 4.13. The molecule has 1 aromatic rings. The largest absolute Gasteiger partial charge is 0.330 e. The number of nitrogens with two attached hydrogens (primary N) is 1. The van der Waals surface area contributed by atoms with E-state index in [9.17, 15) is 0 Å². The van der Waals surface area contributed by atoms with Crippen LogP contribution in [0.5, 0.6) is 0 Å². The van der Waals surface area contributed by atoms with Crippen LogP contribution in [0.15, 0.2) is 24.3 Å². The second-order valence-corrected chi connectivity index (χ2v) is 6.47. The van der Waals surface area contributed by atoms with E-state index < -0.39 is 0 Å². The molecule has 3 N–H and O–H groups in total. The fourth-order valence-electron chi connectivity index (χ4n) is 2.82. The summed E-state index contributed by atoms with van der Waals surface area (Å²) < 4.78 is 0. The Morgan fingerprint density at radius 2 is 1.89 bits per heavy atom. The maximum atomic E-state index is 5.90. The third kappa shape index (κ3) is 2.93. The summed E-state index contributed by atoms with van der Waals surface area (Å²) in [6, 6.07) is 9.14. The van der Waals surface area contributed by atoms with Crippen LogP contribution in [0.2, 0.25) is 0 Å². The molecule has 2 atom stereocenters. The first-order valence-electron chi connectivity index (χ1n) is 7.03. The van der Waals surface area contributed by atoms with Gasteiger partial charge < -0.3 is 11.1 Å². The molecule has 0 amide bonds. The van der Waals surface area contributed by atoms with E-state index in [2.05, 4.69) is 50.4 Å². The third-order valence-electron chi connectivity index (χ3n) is 4.13. The lowest BCUT2D eigenvalue weighted by Gasteiger charge is -2.32. The summed E-state index contributed by atoms with van der Waals surface area (Å²) in [5.74, 6) is 1.21. The minimum atomic E-state index is 0.233. The summed E-state index contributed by atoms with van der Waals surface area (Å²) in [6.45, 7) is 9.75. The van der Waals surface area contributed by atoms with Crippen molar-refractivity contribution in [2.24, 2.45) is 11.7 Å². The first-order valence-corrected chi connectivity index (χ1v) is 7.03. The van der Waals surface area contributed by atoms with Gasteiger partial charge in [-0.3, -0.25) is 0 Å². The Morgan fingerprint density at radius 1 is 1.22 bits per heavy atom. The van der Waals surface area contributed by atoms with Crippen LogP contribution in [0.4, 0.5) is 0 Å². The molecule has 0 aromatic heterocycles. The predicted octanol–water partition coefficient (Wildman–Crippen LogP) is 2.64. The van der Waals surface area contributed by atoms with Gasteiger partial charge in [0.05, 0.1) is 0 Å². The molecule has 2 rings (SSSR count). The van der Waals surface area contributed by atoms with E-state index in [0.29, 0.717) is 11.8 Å². The molecule has 0 spiro atoms. The smallest absolute Gasteiger partial charge is 0.00233 e. The van der Waals surface area contributed by atoms with Gasteiger partial charge in [0.1, 0.15) is 0 Å². The average molecular weight is 246 g/mol. The van der Waals surface area contributed by atoms with Gasteiger partial charge in [-0.1, -0.05) is 45.0 Å². The molecule has 0 aliphatic carbocycles. The molecule has 18 heavy (non-hydrogen) atoms. The van der Waals surface area contributed by atoms with Crippen molar-refractivity contribution >= 4 is 0 Å². The van der Waals surface area contributed by atoms with Crippen molar-refractivity contribution < 1.29 is 0 Å². The summed E-state index contributed by atoms with van der Waals surface area (Å²) in [5.41, 5.74) is 8.97. The van der Waals surface area contributed by atoms with Gasteiger partial charge in [0.2, 0.25) is 0 Å². The second-order valence-electron chi connectivity index (χ2n) is 6.47. The summed E-state index contributed by atoms with van der Waals surface area (Å²) in [6.07, 6.45) is 1.20. The zero-order valence-corrected chi connectivity index (χ0v) is 11.9. The van der Waals surface area contributed by atoms with Gasteiger partial charge in [-0.15, -0.1) is 0 Å². The van der Waals surface area contributed by atoms with Gasteiger partial charge in [0, 0.05) is 12.5 Å². The van der Waals surface area contributed by atoms with Gasteiger partial charge in [-0.2, -0.15) is 0 Å². The molecule has 2 heteroatoms. The van der Waals surface area contributed by atoms with Gasteiger partial charge in [-0.05, 0) is 42.0 Å². The number of benzene rings is 1. The zero-order valence-electron chi connectivity index (χ0n) is 11.9. The number of hydrogen-bond acceptors (Lipinski definition) is 2. The Hall–Kier alpha value is -0.860. The molecule has 0 bridgehead atoms. The van der Waals surface area contributed by atoms with Crippen LogP contribution in [-0.4, -0.2) is 19.6 Å². The van der Waals surface area contributed by atoms with Gasteiger partial charge in [-0.25, -0.2) is 0 Å². The molecule has 0 radical (unpaired) electrons. The van der Waals surface area contributed by atoms with Crippen LogP contribution in [-0.2, 0) is 5.41 Å². The molecule has 1 heterocycles. The fourth-order valence-corrected chi connectivity index (χ4v) is 2.82. The van der Waals surface area contributed by atoms with Gasteiger partial charge in [0.15, 0.2) is 0 Å². The lowest BCUT2D eigenvalue weighted by atomic mass is 9.80. The first kappa shape index (κ1) is 13.6. The molecule has 0 saturated carbocycles. The molecule has 1 aliphatic rings. The van der Waals surface area contributed by atoms with Crippen molar-refractivity contribution in [3.05, 3.63) is 35.4 Å². The summed E-state index contributed by atoms with van der Waals surface area (Å²) in [4.78, 5) is 0. The standard InChI is InChI=1S/C16H26N2/c1-16(2,3)14-6-4-12(5-7-14)15-11-18-9-8-13(15)10-17/h4-7,13,15,18H,8-11,17H2,1-3H3. The molecular weight excluding hydrogens is 220 g/mol. The average Bonchev–Trinajstić information content (AvgIpc) is 2.38. The SMILES string of the molecule is CC(C)(C)c1ccc(C2CNCCC2CN)cc1. The highest BCUT2D eigenvalue weighted by Crippen LogP contribution is 2.30. The molecule has 1 saturated heterocycles. The van der Waals surface area contributed by atoms with E-state index in [1.54, 1.807) is 0 Å². The van der Waals surface area contributed by atoms with Crippen LogP contribution in [0.1, 0.15) is 44.2 Å². The summed E-state index contributed by atoms with van der Waals surface area (Å²) in [5, 5.41) is 3.49. The highest BCUT2D eigenvalue weighted by molar-refractivity contribution is 5.30. The monoisotopic (exact) mass is 246 g/mol. The Morgan fingerprint density at radius 3 is 2.44 bits per heavy atom. The summed E-state index contributed by atoms with van der Waals surface area (Å²) >= 11 is 0. The Labute approximate surface area is 111 Å². The van der Waals surface area contributed by atoms with Crippen LogP contribution in [0, 0.1) is 5.92 Å². The van der Waals surface area contributed by atoms with E-state index >= 15 is 0 Å². The van der Waals surface area contributed by atoms with Crippen molar-refractivity contribution in [1.82, 2.24) is 5.32 Å². The normalized spacial score (nSPS) is 25.1. The van der Waals surface area contributed by atoms with Crippen LogP contribution in [0.25, 0.3) is 0 Å². The van der Waals surface area contributed by atoms with Crippen molar-refractivity contribution in [2.75, 3.05) is 19.6 Å². The van der Waals surface area contributed by atoms with E-state index in [-0.39, 0.29) is 5.41 Å².